The van der Waals surface area contributed by atoms with Crippen molar-refractivity contribution in [3.63, 3.8) is 0 Å². The summed E-state index contributed by atoms with van der Waals surface area (Å²) in [6, 6.07) is 13.2. The second-order valence-electron chi connectivity index (χ2n) is 5.41. The molecule has 1 aliphatic heterocycles. The van der Waals surface area contributed by atoms with Crippen molar-refractivity contribution in [2.75, 3.05) is 0 Å². The Morgan fingerprint density at radius 2 is 1.83 bits per heavy atom. The zero-order valence-corrected chi connectivity index (χ0v) is 12.3. The van der Waals surface area contributed by atoms with E-state index in [9.17, 15) is 18.0 Å². The van der Waals surface area contributed by atoms with E-state index in [4.69, 9.17) is 14.6 Å². The van der Waals surface area contributed by atoms with Crippen molar-refractivity contribution >= 4 is 5.97 Å². The van der Waals surface area contributed by atoms with Gasteiger partial charge < -0.3 is 14.6 Å². The van der Waals surface area contributed by atoms with Gasteiger partial charge in [0.1, 0.15) is 23.2 Å². The molecule has 3 rings (SSSR count). The number of halogens is 3. The minimum absolute atomic E-state index is 0.0234. The molecule has 0 radical (unpaired) electrons. The van der Waals surface area contributed by atoms with Crippen molar-refractivity contribution in [2.45, 2.75) is 18.7 Å². The van der Waals surface area contributed by atoms with E-state index in [0.717, 1.165) is 0 Å². The smallest absolute Gasteiger partial charge is 0.426 e. The second kappa shape index (κ2) is 6.07. The first-order valence-electron chi connectivity index (χ1n) is 7.16. The molecule has 0 saturated heterocycles. The average Bonchev–Trinajstić information content (AvgIpc) is 2.53. The number of para-hydroxylation sites is 1. The fourth-order valence-electron chi connectivity index (χ4n) is 2.59. The molecule has 7 heteroatoms. The van der Waals surface area contributed by atoms with Gasteiger partial charge >= 0.3 is 12.1 Å². The van der Waals surface area contributed by atoms with Crippen molar-refractivity contribution in [1.29, 1.82) is 0 Å². The molecule has 0 amide bonds. The number of hydrogen-bond donors (Lipinski definition) is 1. The van der Waals surface area contributed by atoms with E-state index in [2.05, 4.69) is 0 Å². The Bertz CT molecular complexity index is 743. The van der Waals surface area contributed by atoms with Crippen molar-refractivity contribution < 1.29 is 32.5 Å². The molecule has 0 bridgehead atoms. The lowest BCUT2D eigenvalue weighted by atomic mass is 9.90. The Hall–Kier alpha value is -2.70. The summed E-state index contributed by atoms with van der Waals surface area (Å²) in [6.07, 6.45) is -7.38. The Balaban J connectivity index is 1.88. The lowest BCUT2D eigenvalue weighted by Crippen LogP contribution is -2.47. The van der Waals surface area contributed by atoms with E-state index in [1.54, 1.807) is 24.3 Å². The van der Waals surface area contributed by atoms with Crippen LogP contribution in [0.25, 0.3) is 0 Å². The Labute approximate surface area is 135 Å². The lowest BCUT2D eigenvalue weighted by molar-refractivity contribution is -0.217. The molecule has 2 unspecified atom stereocenters. The van der Waals surface area contributed by atoms with Crippen LogP contribution >= 0.6 is 0 Å². The van der Waals surface area contributed by atoms with Gasteiger partial charge in [-0.15, -0.1) is 0 Å². The average molecular weight is 338 g/mol. The van der Waals surface area contributed by atoms with Crippen LogP contribution in [-0.2, 0) is 11.2 Å². The predicted octanol–water partition coefficient (Wildman–Crippen LogP) is 4.05. The number of carboxylic acid groups (broad SMARTS) is 1. The molecule has 126 valence electrons. The Morgan fingerprint density at radius 3 is 2.46 bits per heavy atom. The summed E-state index contributed by atoms with van der Waals surface area (Å²) in [4.78, 5) is 11.2. The highest BCUT2D eigenvalue weighted by Crippen LogP contribution is 2.40. The topological polar surface area (TPSA) is 55.8 Å². The molecule has 0 aromatic heterocycles. The molecule has 24 heavy (non-hydrogen) atoms. The first-order chi connectivity index (χ1) is 11.3. The summed E-state index contributed by atoms with van der Waals surface area (Å²) in [5.74, 6) is -2.24. The minimum Gasteiger partial charge on any atom is -0.481 e. The highest BCUT2D eigenvalue weighted by Gasteiger charge is 2.52. The minimum atomic E-state index is -4.75. The van der Waals surface area contributed by atoms with Gasteiger partial charge in [0, 0.05) is 0 Å². The van der Waals surface area contributed by atoms with Gasteiger partial charge in [0.05, 0.1) is 0 Å². The van der Waals surface area contributed by atoms with Crippen LogP contribution in [0.4, 0.5) is 13.2 Å². The molecule has 2 atom stereocenters. The zero-order valence-electron chi connectivity index (χ0n) is 12.3. The monoisotopic (exact) mass is 338 g/mol. The maximum atomic E-state index is 13.0. The largest absolute Gasteiger partial charge is 0.481 e. The fourth-order valence-corrected chi connectivity index (χ4v) is 2.59. The molecule has 4 nitrogen and oxygen atoms in total. The van der Waals surface area contributed by atoms with Crippen LogP contribution in [0.2, 0.25) is 0 Å². The van der Waals surface area contributed by atoms with Crippen LogP contribution in [0, 0.1) is 5.92 Å². The van der Waals surface area contributed by atoms with E-state index in [1.165, 1.54) is 18.2 Å². The summed E-state index contributed by atoms with van der Waals surface area (Å²) < 4.78 is 49.5. The van der Waals surface area contributed by atoms with Gasteiger partial charge in [-0.1, -0.05) is 18.2 Å². The van der Waals surface area contributed by atoms with E-state index in [1.807, 2.05) is 6.07 Å². The number of carbonyl (C=O) groups is 1. The quantitative estimate of drug-likeness (QED) is 0.917. The molecule has 0 fully saturated rings. The maximum Gasteiger partial charge on any atom is 0.426 e. The second-order valence-corrected chi connectivity index (χ2v) is 5.41. The van der Waals surface area contributed by atoms with Gasteiger partial charge in [-0.25, -0.2) is 0 Å². The predicted molar refractivity (Wildman–Crippen MR) is 78.3 cm³/mol. The highest BCUT2D eigenvalue weighted by atomic mass is 19.4. The van der Waals surface area contributed by atoms with Gasteiger partial charge in [0.25, 0.3) is 0 Å². The Kier molecular flexibility index (Phi) is 4.09. The number of rotatable bonds is 3. The molecule has 1 heterocycles. The van der Waals surface area contributed by atoms with Crippen LogP contribution in [0.15, 0.2) is 48.5 Å². The van der Waals surface area contributed by atoms with Crippen molar-refractivity contribution in [3.05, 3.63) is 54.1 Å². The fraction of sp³-hybridized carbons (Fsp3) is 0.235. The number of fused-ring (bicyclic) bond motifs is 1. The third-order valence-electron chi connectivity index (χ3n) is 3.71. The van der Waals surface area contributed by atoms with E-state index < -0.39 is 24.2 Å². The first kappa shape index (κ1) is 16.2. The lowest BCUT2D eigenvalue weighted by Gasteiger charge is -2.32. The summed E-state index contributed by atoms with van der Waals surface area (Å²) in [6.45, 7) is 0. The van der Waals surface area contributed by atoms with Gasteiger partial charge in [-0.2, -0.15) is 13.2 Å². The van der Waals surface area contributed by atoms with Crippen LogP contribution in [0.3, 0.4) is 0 Å². The van der Waals surface area contributed by atoms with Crippen LogP contribution < -0.4 is 9.47 Å². The summed E-state index contributed by atoms with van der Waals surface area (Å²) in [5, 5.41) is 9.09. The molecular formula is C17H13F3O4. The molecule has 1 N–H and O–H groups in total. The van der Waals surface area contributed by atoms with Gasteiger partial charge in [-0.05, 0) is 42.3 Å². The van der Waals surface area contributed by atoms with E-state index in [-0.39, 0.29) is 12.2 Å². The number of ether oxygens (including phenoxy) is 2. The van der Waals surface area contributed by atoms with Gasteiger partial charge in [0.15, 0.2) is 0 Å². The number of alkyl halides is 3. The van der Waals surface area contributed by atoms with E-state index >= 15 is 0 Å². The van der Waals surface area contributed by atoms with Crippen molar-refractivity contribution in [2.24, 2.45) is 5.92 Å². The molecule has 1 aliphatic rings. The van der Waals surface area contributed by atoms with Gasteiger partial charge in [-0.3, -0.25) is 4.79 Å². The third kappa shape index (κ3) is 3.29. The molecule has 2 aromatic carbocycles. The zero-order chi connectivity index (χ0) is 17.3. The third-order valence-corrected chi connectivity index (χ3v) is 3.71. The summed E-state index contributed by atoms with van der Waals surface area (Å²) in [5.41, 5.74) is 0.372. The van der Waals surface area contributed by atoms with Crippen molar-refractivity contribution in [3.8, 4) is 17.2 Å². The molecule has 2 aromatic rings. The first-order valence-corrected chi connectivity index (χ1v) is 7.16. The van der Waals surface area contributed by atoms with Crippen molar-refractivity contribution in [1.82, 2.24) is 0 Å². The van der Waals surface area contributed by atoms with Crippen LogP contribution in [0.1, 0.15) is 5.56 Å². The molecule has 0 spiro atoms. The number of carboxylic acids is 1. The SMILES string of the molecule is O=C(O)C1Cc2cc(Oc3ccccc3)ccc2OC1C(F)(F)F. The molecule has 0 saturated carbocycles. The molecule has 0 aliphatic carbocycles. The number of benzene rings is 2. The Morgan fingerprint density at radius 1 is 1.12 bits per heavy atom. The van der Waals surface area contributed by atoms with Crippen LogP contribution in [0.5, 0.6) is 17.2 Å². The van der Waals surface area contributed by atoms with Crippen LogP contribution in [-0.4, -0.2) is 23.4 Å². The number of aliphatic carboxylic acids is 1. The molecular weight excluding hydrogens is 325 g/mol. The number of hydrogen-bond acceptors (Lipinski definition) is 3. The maximum absolute atomic E-state index is 13.0. The normalized spacial score (nSPS) is 20.0. The highest BCUT2D eigenvalue weighted by molar-refractivity contribution is 5.72. The summed E-state index contributed by atoms with van der Waals surface area (Å²) in [7, 11) is 0. The standard InChI is InChI=1S/C17H13F3O4/c18-17(19,20)15-13(16(21)22)9-10-8-12(6-7-14(10)24-15)23-11-4-2-1-3-5-11/h1-8,13,15H,9H2,(H,21,22). The summed E-state index contributed by atoms with van der Waals surface area (Å²) >= 11 is 0. The van der Waals surface area contributed by atoms with E-state index in [0.29, 0.717) is 17.1 Å². The van der Waals surface area contributed by atoms with Gasteiger partial charge in [0.2, 0.25) is 6.10 Å².